The van der Waals surface area contributed by atoms with E-state index in [4.69, 9.17) is 18.6 Å². The first-order valence-electron chi connectivity index (χ1n) is 9.81. The van der Waals surface area contributed by atoms with Crippen LogP contribution < -0.4 is 18.6 Å². The van der Waals surface area contributed by atoms with Gasteiger partial charge in [-0.1, -0.05) is 32.9 Å². The number of rotatable bonds is 10. The number of hydrogen-bond donors (Lipinski definition) is 0. The molecule has 0 saturated carbocycles. The van der Waals surface area contributed by atoms with E-state index in [1.165, 1.54) is 0 Å². The molecule has 0 unspecified atom stereocenters. The van der Waals surface area contributed by atoms with Crippen molar-refractivity contribution >= 4 is 20.5 Å². The maximum absolute atomic E-state index is 6.66. The molecule has 0 aromatic heterocycles. The highest BCUT2D eigenvalue weighted by molar-refractivity contribution is 6.74. The minimum Gasteiger partial charge on any atom is -0.543 e. The van der Waals surface area contributed by atoms with Gasteiger partial charge in [0.1, 0.15) is 23.0 Å². The van der Waals surface area contributed by atoms with E-state index < -0.39 is 8.32 Å². The van der Waals surface area contributed by atoms with Crippen molar-refractivity contribution < 1.29 is 18.6 Å². The van der Waals surface area contributed by atoms with Gasteiger partial charge < -0.3 is 18.6 Å². The third-order valence-electron chi connectivity index (χ3n) is 5.31. The van der Waals surface area contributed by atoms with Crippen molar-refractivity contribution in [3.05, 3.63) is 47.5 Å². The van der Waals surface area contributed by atoms with Gasteiger partial charge in [-0.25, -0.2) is 0 Å². The summed E-state index contributed by atoms with van der Waals surface area (Å²) in [7, 11) is 3.20. The maximum Gasteiger partial charge on any atom is 0.250 e. The highest BCUT2D eigenvalue weighted by atomic mass is 28.4. The molecular formula is C23H32O4Si. The van der Waals surface area contributed by atoms with E-state index in [2.05, 4.69) is 26.8 Å². The second kappa shape index (κ2) is 10.2. The average Bonchev–Trinajstić information content (AvgIpc) is 2.76. The first kappa shape index (κ1) is 21.9. The zero-order valence-electron chi connectivity index (χ0n) is 17.9. The normalized spacial score (nSPS) is 11.5. The first-order valence-corrected chi connectivity index (χ1v) is 12.3. The highest BCUT2D eigenvalue weighted by Gasteiger charge is 2.31. The molecule has 0 aliphatic carbocycles. The van der Waals surface area contributed by atoms with Crippen LogP contribution in [0.3, 0.4) is 0 Å². The molecule has 0 bridgehead atoms. The van der Waals surface area contributed by atoms with Gasteiger partial charge in [0, 0.05) is 17.7 Å². The lowest BCUT2D eigenvalue weighted by molar-refractivity contribution is 0.394. The second-order valence-electron chi connectivity index (χ2n) is 6.73. The van der Waals surface area contributed by atoms with Crippen LogP contribution in [0.15, 0.2) is 36.4 Å². The Labute approximate surface area is 170 Å². The summed E-state index contributed by atoms with van der Waals surface area (Å²) in [6.07, 6.45) is 4.12. The standard InChI is InChI=1S/C23H32O4Si/c1-7-28(8-2,9-3)27-23-17-20(24-4)13-12-19(23)11-10-18-14-21(25-5)16-22(15-18)26-6/h10-17H,7-9H2,1-6H3. The minimum atomic E-state index is -1.79. The van der Waals surface area contributed by atoms with Gasteiger partial charge in [-0.3, -0.25) is 0 Å². The molecule has 2 aromatic carbocycles. The van der Waals surface area contributed by atoms with Crippen LogP contribution in [-0.4, -0.2) is 29.6 Å². The Hall–Kier alpha value is -2.40. The lowest BCUT2D eigenvalue weighted by Crippen LogP contribution is -2.39. The quantitative estimate of drug-likeness (QED) is 0.348. The van der Waals surface area contributed by atoms with Crippen LogP contribution in [0, 0.1) is 0 Å². The summed E-state index contributed by atoms with van der Waals surface area (Å²) in [6, 6.07) is 15.1. The molecule has 28 heavy (non-hydrogen) atoms. The second-order valence-corrected chi connectivity index (χ2v) is 11.4. The molecule has 0 amide bonds. The molecule has 0 saturated heterocycles. The van der Waals surface area contributed by atoms with Gasteiger partial charge in [0.15, 0.2) is 0 Å². The van der Waals surface area contributed by atoms with Crippen molar-refractivity contribution in [3.8, 4) is 23.0 Å². The largest absolute Gasteiger partial charge is 0.543 e. The molecule has 0 fully saturated rings. The van der Waals surface area contributed by atoms with Crippen molar-refractivity contribution in [3.63, 3.8) is 0 Å². The fraction of sp³-hybridized carbons (Fsp3) is 0.391. The monoisotopic (exact) mass is 400 g/mol. The van der Waals surface area contributed by atoms with Gasteiger partial charge in [-0.15, -0.1) is 0 Å². The zero-order valence-corrected chi connectivity index (χ0v) is 18.9. The van der Waals surface area contributed by atoms with Gasteiger partial charge in [-0.05, 0) is 48.0 Å². The Bertz CT molecular complexity index is 767. The van der Waals surface area contributed by atoms with E-state index in [1.807, 2.05) is 42.5 Å². The maximum atomic E-state index is 6.66. The number of benzene rings is 2. The SMILES string of the molecule is CC[Si](CC)(CC)Oc1cc(OC)ccc1C=Cc1cc(OC)cc(OC)c1. The molecule has 4 nitrogen and oxygen atoms in total. The highest BCUT2D eigenvalue weighted by Crippen LogP contribution is 2.33. The smallest absolute Gasteiger partial charge is 0.250 e. The molecule has 0 aliphatic heterocycles. The van der Waals surface area contributed by atoms with Gasteiger partial charge >= 0.3 is 0 Å². The lowest BCUT2D eigenvalue weighted by atomic mass is 10.1. The van der Waals surface area contributed by atoms with Crippen LogP contribution in [0.5, 0.6) is 23.0 Å². The van der Waals surface area contributed by atoms with Crippen molar-refractivity contribution in [1.82, 2.24) is 0 Å². The molecule has 0 radical (unpaired) electrons. The van der Waals surface area contributed by atoms with Crippen molar-refractivity contribution in [2.24, 2.45) is 0 Å². The summed E-state index contributed by atoms with van der Waals surface area (Å²) < 4.78 is 22.8. The van der Waals surface area contributed by atoms with Gasteiger partial charge in [-0.2, -0.15) is 0 Å². The van der Waals surface area contributed by atoms with Gasteiger partial charge in [0.05, 0.1) is 21.3 Å². The summed E-state index contributed by atoms with van der Waals surface area (Å²) in [6.45, 7) is 6.70. The van der Waals surface area contributed by atoms with E-state index in [9.17, 15) is 0 Å². The van der Waals surface area contributed by atoms with Crippen LogP contribution in [0.4, 0.5) is 0 Å². The predicted octanol–water partition coefficient (Wildman–Crippen LogP) is 6.27. The summed E-state index contributed by atoms with van der Waals surface area (Å²) >= 11 is 0. The molecule has 2 aromatic rings. The van der Waals surface area contributed by atoms with E-state index in [1.54, 1.807) is 21.3 Å². The van der Waals surface area contributed by atoms with Crippen molar-refractivity contribution in [2.45, 2.75) is 38.9 Å². The summed E-state index contributed by atoms with van der Waals surface area (Å²) in [5, 5.41) is 0. The molecule has 152 valence electrons. The average molecular weight is 401 g/mol. The number of ether oxygens (including phenoxy) is 3. The molecule has 0 atom stereocenters. The molecule has 0 heterocycles. The van der Waals surface area contributed by atoms with Gasteiger partial charge in [0.25, 0.3) is 8.32 Å². The van der Waals surface area contributed by atoms with E-state index >= 15 is 0 Å². The van der Waals surface area contributed by atoms with Crippen molar-refractivity contribution in [1.29, 1.82) is 0 Å². The van der Waals surface area contributed by atoms with Crippen LogP contribution in [0.25, 0.3) is 12.2 Å². The summed E-state index contributed by atoms with van der Waals surface area (Å²) in [5.74, 6) is 3.23. The summed E-state index contributed by atoms with van der Waals surface area (Å²) in [5.41, 5.74) is 2.04. The number of methoxy groups -OCH3 is 3. The molecule has 0 N–H and O–H groups in total. The Morgan fingerprint density at radius 2 is 1.29 bits per heavy atom. The Morgan fingerprint density at radius 3 is 1.79 bits per heavy atom. The van der Waals surface area contributed by atoms with E-state index in [0.29, 0.717) is 0 Å². The predicted molar refractivity (Wildman–Crippen MR) is 119 cm³/mol. The Morgan fingerprint density at radius 1 is 0.714 bits per heavy atom. The molecule has 2 rings (SSSR count). The van der Waals surface area contributed by atoms with Gasteiger partial charge in [0.2, 0.25) is 0 Å². The minimum absolute atomic E-state index is 0.763. The topological polar surface area (TPSA) is 36.9 Å². The molecule has 5 heteroatoms. The molecular weight excluding hydrogens is 368 g/mol. The van der Waals surface area contributed by atoms with E-state index in [-0.39, 0.29) is 0 Å². The molecule has 0 spiro atoms. The molecule has 0 aliphatic rings. The zero-order chi connectivity index (χ0) is 20.6. The van der Waals surface area contributed by atoms with Crippen LogP contribution in [0.2, 0.25) is 18.1 Å². The van der Waals surface area contributed by atoms with Crippen LogP contribution in [-0.2, 0) is 0 Å². The van der Waals surface area contributed by atoms with Crippen molar-refractivity contribution in [2.75, 3.05) is 21.3 Å². The third kappa shape index (κ3) is 5.32. The first-order chi connectivity index (χ1) is 13.5. The summed E-state index contributed by atoms with van der Waals surface area (Å²) in [4.78, 5) is 0. The van der Waals surface area contributed by atoms with Crippen LogP contribution >= 0.6 is 0 Å². The lowest BCUT2D eigenvalue weighted by Gasteiger charge is -2.30. The third-order valence-corrected chi connectivity index (χ3v) is 9.83. The fourth-order valence-electron chi connectivity index (χ4n) is 3.18. The van der Waals surface area contributed by atoms with Crippen LogP contribution in [0.1, 0.15) is 31.9 Å². The fourth-order valence-corrected chi connectivity index (χ4v) is 5.76. The Balaban J connectivity index is 2.41. The number of hydrogen-bond acceptors (Lipinski definition) is 4. The Kier molecular flexibility index (Phi) is 8.00. The van der Waals surface area contributed by atoms with E-state index in [0.717, 1.165) is 52.3 Å².